The fourth-order valence-electron chi connectivity index (χ4n) is 3.22. The van der Waals surface area contributed by atoms with Crippen LogP contribution in [0.2, 0.25) is 0 Å². The van der Waals surface area contributed by atoms with Gasteiger partial charge in [-0.05, 0) is 62.9 Å². The van der Waals surface area contributed by atoms with Crippen LogP contribution in [0.25, 0.3) is 5.57 Å². The predicted octanol–water partition coefficient (Wildman–Crippen LogP) is 5.74. The van der Waals surface area contributed by atoms with Crippen molar-refractivity contribution in [3.8, 4) is 0 Å². The average Bonchev–Trinajstić information content (AvgIpc) is 3.11. The Morgan fingerprint density at radius 2 is 1.83 bits per heavy atom. The summed E-state index contributed by atoms with van der Waals surface area (Å²) in [5.41, 5.74) is 1.77. The SMILES string of the molecule is CC(C)=C(C(=O)c1cccc(F)c1F)c1ccsc1C.CCCN1CCOCC1. The number of benzene rings is 1. The molecule has 3 nitrogen and oxygen atoms in total. The van der Waals surface area contributed by atoms with Crippen LogP contribution in [-0.4, -0.2) is 43.5 Å². The van der Waals surface area contributed by atoms with Crippen molar-refractivity contribution < 1.29 is 18.3 Å². The second kappa shape index (κ2) is 11.3. The molecule has 29 heavy (non-hydrogen) atoms. The summed E-state index contributed by atoms with van der Waals surface area (Å²) in [5, 5.41) is 1.88. The molecule has 1 aliphatic rings. The first kappa shape index (κ1) is 23.4. The highest BCUT2D eigenvalue weighted by Gasteiger charge is 2.22. The number of morpholine rings is 1. The third kappa shape index (κ3) is 6.29. The summed E-state index contributed by atoms with van der Waals surface area (Å²) >= 11 is 1.52. The Kier molecular flexibility index (Phi) is 9.14. The number of nitrogens with zero attached hydrogens (tertiary/aromatic N) is 1. The molecule has 0 bridgehead atoms. The van der Waals surface area contributed by atoms with Crippen molar-refractivity contribution >= 4 is 22.7 Å². The van der Waals surface area contributed by atoms with Crippen molar-refractivity contribution in [1.29, 1.82) is 0 Å². The summed E-state index contributed by atoms with van der Waals surface area (Å²) in [7, 11) is 0. The number of carbonyl (C=O) groups excluding carboxylic acids is 1. The van der Waals surface area contributed by atoms with Gasteiger partial charge in [0.15, 0.2) is 17.4 Å². The zero-order chi connectivity index (χ0) is 21.4. The second-order valence-electron chi connectivity index (χ2n) is 7.15. The molecule has 1 aliphatic heterocycles. The Bertz CT molecular complexity index is 848. The Labute approximate surface area is 176 Å². The van der Waals surface area contributed by atoms with Gasteiger partial charge >= 0.3 is 0 Å². The lowest BCUT2D eigenvalue weighted by atomic mass is 9.93. The number of Topliss-reactive ketones (excluding diaryl/α,β-unsaturated/α-hetero) is 1. The first-order valence-electron chi connectivity index (χ1n) is 9.87. The number of carbonyl (C=O) groups is 1. The van der Waals surface area contributed by atoms with Crippen LogP contribution < -0.4 is 0 Å². The molecule has 1 saturated heterocycles. The van der Waals surface area contributed by atoms with Crippen LogP contribution in [0.1, 0.15) is 48.0 Å². The van der Waals surface area contributed by atoms with Crippen LogP contribution >= 0.6 is 11.3 Å². The number of thiophene rings is 1. The van der Waals surface area contributed by atoms with Gasteiger partial charge in [0.25, 0.3) is 0 Å². The van der Waals surface area contributed by atoms with Gasteiger partial charge in [-0.2, -0.15) is 0 Å². The number of ether oxygens (including phenoxy) is 1. The van der Waals surface area contributed by atoms with Gasteiger partial charge in [-0.15, -0.1) is 11.3 Å². The monoisotopic (exact) mass is 421 g/mol. The van der Waals surface area contributed by atoms with E-state index in [9.17, 15) is 13.6 Å². The van der Waals surface area contributed by atoms with Gasteiger partial charge in [-0.1, -0.05) is 18.6 Å². The summed E-state index contributed by atoms with van der Waals surface area (Å²) < 4.78 is 32.3. The Morgan fingerprint density at radius 1 is 1.14 bits per heavy atom. The molecule has 0 aliphatic carbocycles. The van der Waals surface area contributed by atoms with Crippen molar-refractivity contribution in [2.45, 2.75) is 34.1 Å². The molecule has 0 spiro atoms. The van der Waals surface area contributed by atoms with Gasteiger partial charge in [0.1, 0.15) is 0 Å². The topological polar surface area (TPSA) is 29.5 Å². The molecule has 1 fully saturated rings. The first-order valence-corrected chi connectivity index (χ1v) is 10.8. The first-order chi connectivity index (χ1) is 13.9. The maximum Gasteiger partial charge on any atom is 0.196 e. The zero-order valence-electron chi connectivity index (χ0n) is 17.6. The zero-order valence-corrected chi connectivity index (χ0v) is 18.4. The summed E-state index contributed by atoms with van der Waals surface area (Å²) in [5.74, 6) is -2.58. The van der Waals surface area contributed by atoms with Gasteiger partial charge in [-0.25, -0.2) is 8.78 Å². The lowest BCUT2D eigenvalue weighted by molar-refractivity contribution is 0.0380. The average molecular weight is 422 g/mol. The van der Waals surface area contributed by atoms with E-state index in [1.54, 1.807) is 13.8 Å². The molecular formula is C23H29F2NO2S. The van der Waals surface area contributed by atoms with E-state index in [-0.39, 0.29) is 5.56 Å². The van der Waals surface area contributed by atoms with Crippen LogP contribution in [0, 0.1) is 18.6 Å². The van der Waals surface area contributed by atoms with Crippen molar-refractivity contribution in [3.05, 3.63) is 62.9 Å². The molecule has 1 aromatic heterocycles. The molecule has 1 aromatic carbocycles. The van der Waals surface area contributed by atoms with Crippen LogP contribution in [0.5, 0.6) is 0 Å². The van der Waals surface area contributed by atoms with Crippen molar-refractivity contribution in [3.63, 3.8) is 0 Å². The van der Waals surface area contributed by atoms with Crippen LogP contribution in [0.15, 0.2) is 35.2 Å². The Hall–Kier alpha value is -1.89. The molecular weight excluding hydrogens is 392 g/mol. The van der Waals surface area contributed by atoms with Gasteiger partial charge in [-0.3, -0.25) is 9.69 Å². The van der Waals surface area contributed by atoms with E-state index in [1.807, 2.05) is 18.4 Å². The number of hydrogen-bond donors (Lipinski definition) is 0. The van der Waals surface area contributed by atoms with Crippen molar-refractivity contribution in [2.24, 2.45) is 0 Å². The number of rotatable bonds is 5. The number of hydrogen-bond acceptors (Lipinski definition) is 4. The second-order valence-corrected chi connectivity index (χ2v) is 8.27. The van der Waals surface area contributed by atoms with Crippen LogP contribution in [0.4, 0.5) is 8.78 Å². The summed E-state index contributed by atoms with van der Waals surface area (Å²) in [6, 6.07) is 5.49. The van der Waals surface area contributed by atoms with Crippen LogP contribution in [-0.2, 0) is 4.74 Å². The van der Waals surface area contributed by atoms with Crippen LogP contribution in [0.3, 0.4) is 0 Å². The highest BCUT2D eigenvalue weighted by Crippen LogP contribution is 2.30. The van der Waals surface area contributed by atoms with Gasteiger partial charge in [0, 0.05) is 23.5 Å². The maximum absolute atomic E-state index is 13.8. The van der Waals surface area contributed by atoms with Gasteiger partial charge < -0.3 is 4.74 Å². The Morgan fingerprint density at radius 3 is 2.38 bits per heavy atom. The fourth-order valence-corrected chi connectivity index (χ4v) is 3.92. The highest BCUT2D eigenvalue weighted by molar-refractivity contribution is 7.10. The molecule has 0 N–H and O–H groups in total. The number of ketones is 1. The van der Waals surface area contributed by atoms with E-state index in [1.165, 1.54) is 36.4 Å². The van der Waals surface area contributed by atoms with E-state index in [0.717, 1.165) is 48.4 Å². The molecule has 0 amide bonds. The molecule has 3 rings (SSSR count). The summed E-state index contributed by atoms with van der Waals surface area (Å²) in [4.78, 5) is 16.0. The molecule has 2 aromatic rings. The third-order valence-corrected chi connectivity index (χ3v) is 5.54. The smallest absolute Gasteiger partial charge is 0.196 e. The quantitative estimate of drug-likeness (QED) is 0.455. The lowest BCUT2D eigenvalue weighted by Crippen LogP contribution is -2.36. The Balaban J connectivity index is 0.000000278. The highest BCUT2D eigenvalue weighted by atomic mass is 32.1. The summed E-state index contributed by atoms with van der Waals surface area (Å²) in [6.07, 6.45) is 1.26. The molecule has 0 atom stereocenters. The maximum atomic E-state index is 13.8. The lowest BCUT2D eigenvalue weighted by Gasteiger charge is -2.25. The van der Waals surface area contributed by atoms with E-state index in [4.69, 9.17) is 4.74 Å². The van der Waals surface area contributed by atoms with E-state index in [0.29, 0.717) is 5.57 Å². The predicted molar refractivity (Wildman–Crippen MR) is 116 cm³/mol. The standard InChI is InChI=1S/C16H14F2OS.C7H15NO/c1-9(2)14(11-7-8-20-10(11)3)16(19)12-5-4-6-13(17)15(12)18;1-2-3-8-4-6-9-7-5-8/h4-8H,1-3H3;2-7H2,1H3. The normalized spacial score (nSPS) is 14.1. The number of halogens is 2. The molecule has 158 valence electrons. The van der Waals surface area contributed by atoms with Crippen molar-refractivity contribution in [1.82, 2.24) is 4.90 Å². The molecule has 0 radical (unpaired) electrons. The third-order valence-electron chi connectivity index (χ3n) is 4.69. The van der Waals surface area contributed by atoms with E-state index < -0.39 is 17.4 Å². The fraction of sp³-hybridized carbons (Fsp3) is 0.435. The number of aryl methyl sites for hydroxylation is 1. The minimum absolute atomic E-state index is 0.230. The number of allylic oxidation sites excluding steroid dienone is 2. The molecule has 0 unspecified atom stereocenters. The van der Waals surface area contributed by atoms with Gasteiger partial charge in [0.05, 0.1) is 18.8 Å². The minimum Gasteiger partial charge on any atom is -0.379 e. The molecule has 0 saturated carbocycles. The summed E-state index contributed by atoms with van der Waals surface area (Å²) in [6.45, 7) is 13.1. The van der Waals surface area contributed by atoms with E-state index in [2.05, 4.69) is 11.8 Å². The largest absolute Gasteiger partial charge is 0.379 e. The van der Waals surface area contributed by atoms with Gasteiger partial charge in [0.2, 0.25) is 0 Å². The minimum atomic E-state index is -1.09. The van der Waals surface area contributed by atoms with E-state index >= 15 is 0 Å². The van der Waals surface area contributed by atoms with Crippen molar-refractivity contribution in [2.75, 3.05) is 32.8 Å². The molecule has 2 heterocycles. The molecule has 6 heteroatoms.